The van der Waals surface area contributed by atoms with Crippen LogP contribution in [0.3, 0.4) is 0 Å². The molecule has 2 aromatic heterocycles. The molecule has 0 amide bonds. The number of nitrogens with two attached hydrogens (primary N) is 1. The highest BCUT2D eigenvalue weighted by Crippen LogP contribution is 2.14. The summed E-state index contributed by atoms with van der Waals surface area (Å²) in [6.07, 6.45) is 3.19. The highest BCUT2D eigenvalue weighted by molar-refractivity contribution is 5.46. The summed E-state index contributed by atoms with van der Waals surface area (Å²) in [7, 11) is 0. The molecule has 17 heavy (non-hydrogen) atoms. The molecule has 2 rings (SSSR count). The summed E-state index contributed by atoms with van der Waals surface area (Å²) in [5.74, 6) is 1.12. The fourth-order valence-corrected chi connectivity index (χ4v) is 1.38. The Morgan fingerprint density at radius 3 is 2.82 bits per heavy atom. The van der Waals surface area contributed by atoms with E-state index in [1.165, 1.54) is 0 Å². The second-order valence-electron chi connectivity index (χ2n) is 4.72. The molecule has 0 spiro atoms. The first-order chi connectivity index (χ1) is 8.04. The van der Waals surface area contributed by atoms with Crippen molar-refractivity contribution in [3.63, 3.8) is 0 Å². The smallest absolute Gasteiger partial charge is 0.227 e. The maximum atomic E-state index is 5.90. The Hall–Kier alpha value is -1.75. The van der Waals surface area contributed by atoms with Gasteiger partial charge in [-0.3, -0.25) is 4.98 Å². The van der Waals surface area contributed by atoms with Crippen molar-refractivity contribution < 1.29 is 4.52 Å². The third kappa shape index (κ3) is 3.35. The highest BCUT2D eigenvalue weighted by atomic mass is 16.5. The van der Waals surface area contributed by atoms with Gasteiger partial charge in [0, 0.05) is 18.2 Å². The number of aryl methyl sites for hydroxylation is 1. The van der Waals surface area contributed by atoms with Crippen LogP contribution in [0, 0.1) is 0 Å². The van der Waals surface area contributed by atoms with Crippen molar-refractivity contribution in [2.45, 2.75) is 32.2 Å². The Labute approximate surface area is 100 Å². The number of pyridine rings is 1. The van der Waals surface area contributed by atoms with E-state index in [9.17, 15) is 0 Å². The predicted molar refractivity (Wildman–Crippen MR) is 64.1 cm³/mol. The van der Waals surface area contributed by atoms with E-state index in [0.29, 0.717) is 18.1 Å². The van der Waals surface area contributed by atoms with Crippen molar-refractivity contribution in [3.8, 4) is 11.5 Å². The summed E-state index contributed by atoms with van der Waals surface area (Å²) in [5, 5.41) is 3.90. The van der Waals surface area contributed by atoms with E-state index in [-0.39, 0.29) is 5.54 Å². The average Bonchev–Trinajstić information content (AvgIpc) is 2.75. The average molecular weight is 232 g/mol. The minimum atomic E-state index is -0.223. The van der Waals surface area contributed by atoms with Crippen LogP contribution in [0.4, 0.5) is 0 Å². The summed E-state index contributed by atoms with van der Waals surface area (Å²) in [6.45, 7) is 3.95. The second-order valence-corrected chi connectivity index (χ2v) is 4.72. The molecule has 0 unspecified atom stereocenters. The van der Waals surface area contributed by atoms with E-state index in [2.05, 4.69) is 15.1 Å². The minimum absolute atomic E-state index is 0.223. The van der Waals surface area contributed by atoms with Crippen LogP contribution in [0.25, 0.3) is 11.5 Å². The van der Waals surface area contributed by atoms with Crippen molar-refractivity contribution in [1.29, 1.82) is 0 Å². The van der Waals surface area contributed by atoms with Crippen LogP contribution in [0.5, 0.6) is 0 Å². The van der Waals surface area contributed by atoms with Crippen LogP contribution >= 0.6 is 0 Å². The SMILES string of the molecule is CC(C)(N)CCc1nc(-c2ccccn2)no1. The summed E-state index contributed by atoms with van der Waals surface area (Å²) in [4.78, 5) is 8.45. The van der Waals surface area contributed by atoms with Crippen molar-refractivity contribution in [3.05, 3.63) is 30.3 Å². The first-order valence-electron chi connectivity index (χ1n) is 5.57. The Morgan fingerprint density at radius 2 is 2.18 bits per heavy atom. The van der Waals surface area contributed by atoms with Crippen LogP contribution in [-0.2, 0) is 6.42 Å². The van der Waals surface area contributed by atoms with Gasteiger partial charge >= 0.3 is 0 Å². The molecule has 5 nitrogen and oxygen atoms in total. The largest absolute Gasteiger partial charge is 0.339 e. The van der Waals surface area contributed by atoms with Gasteiger partial charge < -0.3 is 10.3 Å². The molecule has 0 saturated carbocycles. The van der Waals surface area contributed by atoms with Crippen molar-refractivity contribution >= 4 is 0 Å². The zero-order chi connectivity index (χ0) is 12.3. The second kappa shape index (κ2) is 4.63. The van der Waals surface area contributed by atoms with E-state index in [1.807, 2.05) is 32.0 Å². The van der Waals surface area contributed by atoms with Gasteiger partial charge in [-0.2, -0.15) is 4.98 Å². The van der Waals surface area contributed by atoms with Gasteiger partial charge in [0.15, 0.2) is 0 Å². The van der Waals surface area contributed by atoms with Gasteiger partial charge in [-0.15, -0.1) is 0 Å². The Bertz CT molecular complexity index is 473. The van der Waals surface area contributed by atoms with Crippen LogP contribution in [0.2, 0.25) is 0 Å². The molecule has 0 atom stereocenters. The van der Waals surface area contributed by atoms with Crippen molar-refractivity contribution in [1.82, 2.24) is 15.1 Å². The molecule has 0 fully saturated rings. The molecule has 2 N–H and O–H groups in total. The fourth-order valence-electron chi connectivity index (χ4n) is 1.38. The summed E-state index contributed by atoms with van der Waals surface area (Å²) in [5.41, 5.74) is 6.39. The maximum Gasteiger partial charge on any atom is 0.227 e. The normalized spacial score (nSPS) is 11.7. The first-order valence-corrected chi connectivity index (χ1v) is 5.57. The van der Waals surface area contributed by atoms with Crippen molar-refractivity contribution in [2.75, 3.05) is 0 Å². The standard InChI is InChI=1S/C12H16N4O/c1-12(2,13)7-6-10-15-11(16-17-10)9-5-3-4-8-14-9/h3-5,8H,6-7,13H2,1-2H3. The topological polar surface area (TPSA) is 77.8 Å². The molecule has 0 aliphatic rings. The summed E-state index contributed by atoms with van der Waals surface area (Å²) in [6, 6.07) is 5.59. The minimum Gasteiger partial charge on any atom is -0.339 e. The van der Waals surface area contributed by atoms with E-state index in [1.54, 1.807) is 6.20 Å². The third-order valence-electron chi connectivity index (χ3n) is 2.35. The zero-order valence-electron chi connectivity index (χ0n) is 10.1. The van der Waals surface area contributed by atoms with Gasteiger partial charge in [0.2, 0.25) is 11.7 Å². The third-order valence-corrected chi connectivity index (χ3v) is 2.35. The van der Waals surface area contributed by atoms with Gasteiger partial charge in [0.1, 0.15) is 5.69 Å². The van der Waals surface area contributed by atoms with Crippen LogP contribution in [0.15, 0.2) is 28.9 Å². The Balaban J connectivity index is 2.07. The summed E-state index contributed by atoms with van der Waals surface area (Å²) < 4.78 is 5.16. The molecule has 0 saturated heterocycles. The number of aromatic nitrogens is 3. The number of hydrogen-bond acceptors (Lipinski definition) is 5. The molecule has 0 aromatic carbocycles. The zero-order valence-corrected chi connectivity index (χ0v) is 10.1. The molecule has 0 radical (unpaired) electrons. The Kier molecular flexibility index (Phi) is 3.19. The molecule has 90 valence electrons. The first kappa shape index (κ1) is 11.7. The predicted octanol–water partition coefficient (Wildman–Crippen LogP) is 1.80. The molecule has 2 heterocycles. The molecule has 0 aliphatic carbocycles. The van der Waals surface area contributed by atoms with Gasteiger partial charge in [-0.1, -0.05) is 11.2 Å². The molecule has 2 aromatic rings. The molecular formula is C12H16N4O. The van der Waals surface area contributed by atoms with Gasteiger partial charge in [-0.25, -0.2) is 0 Å². The van der Waals surface area contributed by atoms with E-state index in [0.717, 1.165) is 12.1 Å². The highest BCUT2D eigenvalue weighted by Gasteiger charge is 2.14. The van der Waals surface area contributed by atoms with E-state index >= 15 is 0 Å². The van der Waals surface area contributed by atoms with Crippen LogP contribution < -0.4 is 5.73 Å². The van der Waals surface area contributed by atoms with E-state index in [4.69, 9.17) is 10.3 Å². The Morgan fingerprint density at radius 1 is 1.35 bits per heavy atom. The number of nitrogens with zero attached hydrogens (tertiary/aromatic N) is 3. The number of hydrogen-bond donors (Lipinski definition) is 1. The van der Waals surface area contributed by atoms with Gasteiger partial charge in [0.25, 0.3) is 0 Å². The van der Waals surface area contributed by atoms with Crippen molar-refractivity contribution in [2.24, 2.45) is 5.73 Å². The van der Waals surface area contributed by atoms with Crippen LogP contribution in [0.1, 0.15) is 26.2 Å². The molecule has 0 aliphatic heterocycles. The lowest BCUT2D eigenvalue weighted by Crippen LogP contribution is -2.32. The number of rotatable bonds is 4. The van der Waals surface area contributed by atoms with E-state index < -0.39 is 0 Å². The monoisotopic (exact) mass is 232 g/mol. The summed E-state index contributed by atoms with van der Waals surface area (Å²) >= 11 is 0. The quantitative estimate of drug-likeness (QED) is 0.869. The molecule has 5 heteroatoms. The van der Waals surface area contributed by atoms with Crippen LogP contribution in [-0.4, -0.2) is 20.7 Å². The lowest BCUT2D eigenvalue weighted by molar-refractivity contribution is 0.358. The van der Waals surface area contributed by atoms with Gasteiger partial charge in [0.05, 0.1) is 0 Å². The molecular weight excluding hydrogens is 216 g/mol. The molecule has 0 bridgehead atoms. The lowest BCUT2D eigenvalue weighted by atomic mass is 10.0. The lowest BCUT2D eigenvalue weighted by Gasteiger charge is -2.16. The fraction of sp³-hybridized carbons (Fsp3) is 0.417. The maximum absolute atomic E-state index is 5.90. The van der Waals surface area contributed by atoms with Gasteiger partial charge in [-0.05, 0) is 32.4 Å².